The van der Waals surface area contributed by atoms with Crippen LogP contribution >= 0.6 is 0 Å². The zero-order valence-corrected chi connectivity index (χ0v) is 7.96. The first-order valence-corrected chi connectivity index (χ1v) is 3.66. The summed E-state index contributed by atoms with van der Waals surface area (Å²) in [6, 6.07) is 0. The molecule has 2 N–H and O–H groups in total. The highest BCUT2D eigenvalue weighted by atomic mass is 16.1. The van der Waals surface area contributed by atoms with E-state index in [0.29, 0.717) is 0 Å². The van der Waals surface area contributed by atoms with Gasteiger partial charge in [0.05, 0.1) is 5.69 Å². The number of amides is 1. The lowest BCUT2D eigenvalue weighted by molar-refractivity contribution is -0.106. The van der Waals surface area contributed by atoms with Crippen LogP contribution in [0, 0.1) is 20.8 Å². The third kappa shape index (κ3) is 2.38. The molecule has 1 rings (SSSR count). The topological polar surface area (TPSA) is 60.9 Å². The summed E-state index contributed by atoms with van der Waals surface area (Å²) in [5, 5.41) is 4.23. The molecule has 0 saturated carbocycles. The molecule has 12 heavy (non-hydrogen) atoms. The SMILES string of the molecule is Cc1nn(C)c(C)c1C.NC=O. The summed E-state index contributed by atoms with van der Waals surface area (Å²) in [6.07, 6.45) is 0.250. The van der Waals surface area contributed by atoms with Crippen molar-refractivity contribution in [2.45, 2.75) is 20.8 Å². The van der Waals surface area contributed by atoms with E-state index in [1.807, 2.05) is 18.7 Å². The fraction of sp³-hybridized carbons (Fsp3) is 0.500. The summed E-state index contributed by atoms with van der Waals surface area (Å²) in [5.41, 5.74) is 7.86. The number of carbonyl (C=O) groups is 1. The Hall–Kier alpha value is -1.32. The van der Waals surface area contributed by atoms with Crippen LogP contribution in [-0.4, -0.2) is 16.2 Å². The van der Waals surface area contributed by atoms with E-state index < -0.39 is 0 Å². The van der Waals surface area contributed by atoms with Gasteiger partial charge in [0.2, 0.25) is 6.41 Å². The molecule has 0 spiro atoms. The first-order chi connectivity index (χ1) is 5.54. The number of aromatic nitrogens is 2. The zero-order valence-electron chi connectivity index (χ0n) is 7.96. The molecule has 0 fully saturated rings. The number of nitrogens with two attached hydrogens (primary N) is 1. The highest BCUT2D eigenvalue weighted by molar-refractivity contribution is 5.42. The van der Waals surface area contributed by atoms with Gasteiger partial charge in [0.1, 0.15) is 0 Å². The molecular weight excluding hydrogens is 154 g/mol. The van der Waals surface area contributed by atoms with Gasteiger partial charge < -0.3 is 5.73 Å². The molecule has 0 aliphatic rings. The third-order valence-electron chi connectivity index (χ3n) is 1.87. The van der Waals surface area contributed by atoms with Crippen molar-refractivity contribution < 1.29 is 4.79 Å². The van der Waals surface area contributed by atoms with Crippen molar-refractivity contribution in [1.82, 2.24) is 9.78 Å². The molecule has 0 aromatic carbocycles. The average Bonchev–Trinajstić information content (AvgIpc) is 2.20. The Morgan fingerprint density at radius 1 is 1.42 bits per heavy atom. The number of carbonyl (C=O) groups excluding carboxylic acids is 1. The van der Waals surface area contributed by atoms with E-state index >= 15 is 0 Å². The Morgan fingerprint density at radius 3 is 1.92 bits per heavy atom. The predicted octanol–water partition coefficient (Wildman–Crippen LogP) is 0.447. The summed E-state index contributed by atoms with van der Waals surface area (Å²) < 4.78 is 1.91. The summed E-state index contributed by atoms with van der Waals surface area (Å²) in [5.74, 6) is 0. The maximum Gasteiger partial charge on any atom is 0.204 e. The number of aryl methyl sites for hydroxylation is 2. The van der Waals surface area contributed by atoms with Gasteiger partial charge in [0.25, 0.3) is 0 Å². The van der Waals surface area contributed by atoms with Crippen molar-refractivity contribution in [1.29, 1.82) is 0 Å². The quantitative estimate of drug-likeness (QED) is 0.573. The monoisotopic (exact) mass is 169 g/mol. The molecule has 0 bridgehead atoms. The first kappa shape index (κ1) is 10.7. The highest BCUT2D eigenvalue weighted by Gasteiger charge is 2.01. The molecule has 4 heteroatoms. The van der Waals surface area contributed by atoms with Gasteiger partial charge in [-0.15, -0.1) is 0 Å². The van der Waals surface area contributed by atoms with Gasteiger partial charge in [-0.1, -0.05) is 0 Å². The molecule has 0 saturated heterocycles. The van der Waals surface area contributed by atoms with E-state index in [2.05, 4.69) is 24.7 Å². The molecule has 0 aliphatic carbocycles. The first-order valence-electron chi connectivity index (χ1n) is 3.66. The molecule has 0 atom stereocenters. The second kappa shape index (κ2) is 4.54. The van der Waals surface area contributed by atoms with Crippen molar-refractivity contribution in [3.05, 3.63) is 17.0 Å². The number of primary amides is 1. The molecule has 0 unspecified atom stereocenters. The van der Waals surface area contributed by atoms with Crippen LogP contribution in [0.25, 0.3) is 0 Å². The number of hydrogen-bond acceptors (Lipinski definition) is 2. The maximum atomic E-state index is 8.58. The lowest BCUT2D eigenvalue weighted by Gasteiger charge is -1.90. The number of hydrogen-bond donors (Lipinski definition) is 1. The Balaban J connectivity index is 0.000000354. The fourth-order valence-corrected chi connectivity index (χ4v) is 0.880. The van der Waals surface area contributed by atoms with Gasteiger partial charge in [0.15, 0.2) is 0 Å². The molecule has 1 heterocycles. The van der Waals surface area contributed by atoms with Crippen LogP contribution in [0.1, 0.15) is 17.0 Å². The van der Waals surface area contributed by atoms with E-state index in [0.717, 1.165) is 5.69 Å². The van der Waals surface area contributed by atoms with E-state index in [9.17, 15) is 0 Å². The lowest BCUT2D eigenvalue weighted by Crippen LogP contribution is -1.92. The maximum absolute atomic E-state index is 8.58. The predicted molar refractivity (Wildman–Crippen MR) is 47.7 cm³/mol. The molecule has 68 valence electrons. The van der Waals surface area contributed by atoms with Crippen molar-refractivity contribution >= 4 is 6.41 Å². The van der Waals surface area contributed by atoms with Crippen LogP contribution in [0.4, 0.5) is 0 Å². The van der Waals surface area contributed by atoms with Gasteiger partial charge >= 0.3 is 0 Å². The van der Waals surface area contributed by atoms with Crippen LogP contribution in [-0.2, 0) is 11.8 Å². The summed E-state index contributed by atoms with van der Waals surface area (Å²) in [4.78, 5) is 8.58. The van der Waals surface area contributed by atoms with Crippen molar-refractivity contribution in [2.24, 2.45) is 12.8 Å². The smallest absolute Gasteiger partial charge is 0.204 e. The van der Waals surface area contributed by atoms with Crippen LogP contribution in [0.2, 0.25) is 0 Å². The van der Waals surface area contributed by atoms with Gasteiger partial charge in [-0.05, 0) is 26.3 Å². The third-order valence-corrected chi connectivity index (χ3v) is 1.87. The Morgan fingerprint density at radius 2 is 1.83 bits per heavy atom. The van der Waals surface area contributed by atoms with Gasteiger partial charge in [-0.25, -0.2) is 0 Å². The van der Waals surface area contributed by atoms with Gasteiger partial charge in [-0.3, -0.25) is 9.48 Å². The number of nitrogens with zero attached hydrogens (tertiary/aromatic N) is 2. The molecule has 1 aromatic heterocycles. The Kier molecular flexibility index (Phi) is 4.04. The molecular formula is C8H15N3O. The molecule has 4 nitrogen and oxygen atoms in total. The van der Waals surface area contributed by atoms with Crippen LogP contribution in [0.3, 0.4) is 0 Å². The number of rotatable bonds is 0. The summed E-state index contributed by atoms with van der Waals surface area (Å²) in [6.45, 7) is 6.20. The van der Waals surface area contributed by atoms with Gasteiger partial charge in [0, 0.05) is 12.7 Å². The minimum Gasteiger partial charge on any atom is -0.372 e. The van der Waals surface area contributed by atoms with E-state index in [1.165, 1.54) is 11.3 Å². The van der Waals surface area contributed by atoms with Crippen LogP contribution in [0.5, 0.6) is 0 Å². The van der Waals surface area contributed by atoms with Gasteiger partial charge in [-0.2, -0.15) is 5.10 Å². The van der Waals surface area contributed by atoms with E-state index in [1.54, 1.807) is 0 Å². The van der Waals surface area contributed by atoms with Crippen molar-refractivity contribution in [2.75, 3.05) is 0 Å². The minimum atomic E-state index is 0.250. The zero-order chi connectivity index (χ0) is 9.72. The second-order valence-electron chi connectivity index (χ2n) is 2.56. The fourth-order valence-electron chi connectivity index (χ4n) is 0.880. The van der Waals surface area contributed by atoms with E-state index in [4.69, 9.17) is 4.79 Å². The molecule has 0 aliphatic heterocycles. The second-order valence-corrected chi connectivity index (χ2v) is 2.56. The molecule has 1 amide bonds. The summed E-state index contributed by atoms with van der Waals surface area (Å²) in [7, 11) is 1.97. The van der Waals surface area contributed by atoms with Crippen molar-refractivity contribution in [3.8, 4) is 0 Å². The standard InChI is InChI=1S/C7H12N2.CH3NO/c1-5-6(2)8-9(4)7(5)3;2-1-3/h1-4H3;1H,(H2,2,3). The minimum absolute atomic E-state index is 0.250. The van der Waals surface area contributed by atoms with E-state index in [-0.39, 0.29) is 6.41 Å². The lowest BCUT2D eigenvalue weighted by atomic mass is 10.2. The summed E-state index contributed by atoms with van der Waals surface area (Å²) >= 11 is 0. The van der Waals surface area contributed by atoms with Crippen LogP contribution in [0.15, 0.2) is 0 Å². The largest absolute Gasteiger partial charge is 0.372 e. The highest BCUT2D eigenvalue weighted by Crippen LogP contribution is 2.08. The molecule has 0 radical (unpaired) electrons. The molecule has 1 aromatic rings. The Bertz CT molecular complexity index is 243. The Labute approximate surface area is 72.4 Å². The normalized spacial score (nSPS) is 8.67. The average molecular weight is 169 g/mol. The van der Waals surface area contributed by atoms with Crippen LogP contribution < -0.4 is 5.73 Å². The van der Waals surface area contributed by atoms with Crippen molar-refractivity contribution in [3.63, 3.8) is 0 Å².